The maximum atomic E-state index is 12.5. The van der Waals surface area contributed by atoms with Crippen LogP contribution in [0.3, 0.4) is 0 Å². The number of carbonyl (C=O) groups excluding carboxylic acids is 1. The van der Waals surface area contributed by atoms with Gasteiger partial charge in [0.05, 0.1) is 19.2 Å². The van der Waals surface area contributed by atoms with E-state index in [-0.39, 0.29) is 12.1 Å². The molecular formula is C9H9F2IN2O2. The van der Waals surface area contributed by atoms with Crippen molar-refractivity contribution in [3.05, 3.63) is 21.0 Å². The van der Waals surface area contributed by atoms with Crippen molar-refractivity contribution in [3.63, 3.8) is 0 Å². The third kappa shape index (κ3) is 2.77. The zero-order valence-electron chi connectivity index (χ0n) is 8.34. The van der Waals surface area contributed by atoms with Gasteiger partial charge in [-0.2, -0.15) is 0 Å². The van der Waals surface area contributed by atoms with E-state index in [1.165, 1.54) is 13.3 Å². The largest absolute Gasteiger partial charge is 0.469 e. The maximum Gasteiger partial charge on any atom is 0.310 e. The highest BCUT2D eigenvalue weighted by Gasteiger charge is 2.19. The highest BCUT2D eigenvalue weighted by atomic mass is 127. The number of ether oxygens (including phenoxy) is 1. The second kappa shape index (κ2) is 5.37. The van der Waals surface area contributed by atoms with Crippen molar-refractivity contribution in [3.8, 4) is 0 Å². The summed E-state index contributed by atoms with van der Waals surface area (Å²) in [6, 6.07) is 0. The Hall–Kier alpha value is -0.990. The lowest BCUT2D eigenvalue weighted by molar-refractivity contribution is -0.139. The van der Waals surface area contributed by atoms with Gasteiger partial charge in [-0.05, 0) is 22.6 Å². The maximum absolute atomic E-state index is 12.5. The molecule has 4 nitrogen and oxygen atoms in total. The van der Waals surface area contributed by atoms with Gasteiger partial charge >= 0.3 is 5.97 Å². The quantitative estimate of drug-likeness (QED) is 0.673. The summed E-state index contributed by atoms with van der Waals surface area (Å²) in [5.74, 6) is -0.531. The van der Waals surface area contributed by atoms with E-state index >= 15 is 0 Å². The summed E-state index contributed by atoms with van der Waals surface area (Å²) < 4.78 is 30.0. The molecule has 7 heteroatoms. The summed E-state index contributed by atoms with van der Waals surface area (Å²) in [7, 11) is 1.22. The van der Waals surface area contributed by atoms with Gasteiger partial charge < -0.3 is 10.5 Å². The SMILES string of the molecule is COC(=O)Cc1c(I)cnc(C(F)F)c1N. The first kappa shape index (κ1) is 13.1. The van der Waals surface area contributed by atoms with Crippen molar-refractivity contribution in [1.82, 2.24) is 4.98 Å². The summed E-state index contributed by atoms with van der Waals surface area (Å²) >= 11 is 1.88. The van der Waals surface area contributed by atoms with E-state index in [0.29, 0.717) is 9.13 Å². The second-order valence-electron chi connectivity index (χ2n) is 2.94. The lowest BCUT2D eigenvalue weighted by Gasteiger charge is -2.10. The van der Waals surface area contributed by atoms with Crippen molar-refractivity contribution in [2.24, 2.45) is 0 Å². The minimum atomic E-state index is -2.76. The number of aromatic nitrogens is 1. The van der Waals surface area contributed by atoms with Gasteiger partial charge in [-0.15, -0.1) is 0 Å². The van der Waals surface area contributed by atoms with Crippen molar-refractivity contribution >= 4 is 34.2 Å². The highest BCUT2D eigenvalue weighted by molar-refractivity contribution is 14.1. The van der Waals surface area contributed by atoms with Crippen molar-refractivity contribution in [1.29, 1.82) is 0 Å². The molecule has 2 N–H and O–H groups in total. The Morgan fingerprint density at radius 3 is 2.81 bits per heavy atom. The second-order valence-corrected chi connectivity index (χ2v) is 4.10. The average molecular weight is 342 g/mol. The first-order valence-corrected chi connectivity index (χ1v) is 5.33. The van der Waals surface area contributed by atoms with Gasteiger partial charge in [0.25, 0.3) is 6.43 Å². The van der Waals surface area contributed by atoms with E-state index in [2.05, 4.69) is 9.72 Å². The number of anilines is 1. The summed E-state index contributed by atoms with van der Waals surface area (Å²) in [4.78, 5) is 14.6. The third-order valence-corrected chi connectivity index (χ3v) is 2.89. The zero-order chi connectivity index (χ0) is 12.3. The Balaban J connectivity index is 3.16. The van der Waals surface area contributed by atoms with E-state index < -0.39 is 18.1 Å². The normalized spacial score (nSPS) is 10.6. The molecule has 0 aliphatic heterocycles. The summed E-state index contributed by atoms with van der Waals surface area (Å²) in [5.41, 5.74) is 5.22. The first-order chi connectivity index (χ1) is 7.47. The molecule has 0 fully saturated rings. The van der Waals surface area contributed by atoms with Crippen molar-refractivity contribution < 1.29 is 18.3 Å². The Bertz CT molecular complexity index is 413. The number of hydrogen-bond acceptors (Lipinski definition) is 4. The number of esters is 1. The summed E-state index contributed by atoms with van der Waals surface area (Å²) in [6.45, 7) is 0. The van der Waals surface area contributed by atoms with E-state index in [1.54, 1.807) is 0 Å². The zero-order valence-corrected chi connectivity index (χ0v) is 10.5. The van der Waals surface area contributed by atoms with Gasteiger partial charge in [-0.1, -0.05) is 0 Å². The Morgan fingerprint density at radius 2 is 2.31 bits per heavy atom. The summed E-state index contributed by atoms with van der Waals surface area (Å²) in [6.07, 6.45) is -1.63. The van der Waals surface area contributed by atoms with Crippen LogP contribution in [0.4, 0.5) is 14.5 Å². The lowest BCUT2D eigenvalue weighted by Crippen LogP contribution is -2.11. The van der Waals surface area contributed by atoms with E-state index in [9.17, 15) is 13.6 Å². The number of pyridine rings is 1. The molecule has 0 saturated heterocycles. The number of hydrogen-bond donors (Lipinski definition) is 1. The number of alkyl halides is 2. The fourth-order valence-corrected chi connectivity index (χ4v) is 1.75. The molecule has 1 heterocycles. The van der Waals surface area contributed by atoms with E-state index in [0.717, 1.165) is 0 Å². The van der Waals surface area contributed by atoms with Gasteiger partial charge in [0.2, 0.25) is 0 Å². The van der Waals surface area contributed by atoms with Crippen LogP contribution in [0, 0.1) is 3.57 Å². The van der Waals surface area contributed by atoms with Crippen LogP contribution in [0.5, 0.6) is 0 Å². The molecular weight excluding hydrogens is 333 g/mol. The summed E-state index contributed by atoms with van der Waals surface area (Å²) in [5, 5.41) is 0. The lowest BCUT2D eigenvalue weighted by atomic mass is 10.1. The van der Waals surface area contributed by atoms with Crippen LogP contribution in [-0.4, -0.2) is 18.1 Å². The van der Waals surface area contributed by atoms with Crippen LogP contribution in [0.25, 0.3) is 0 Å². The van der Waals surface area contributed by atoms with Gasteiger partial charge in [0.15, 0.2) is 0 Å². The number of rotatable bonds is 3. The molecule has 1 aromatic rings. The molecule has 0 unspecified atom stereocenters. The van der Waals surface area contributed by atoms with Gasteiger partial charge in [0, 0.05) is 15.3 Å². The first-order valence-electron chi connectivity index (χ1n) is 4.25. The number of nitrogen functional groups attached to an aromatic ring is 1. The minimum Gasteiger partial charge on any atom is -0.469 e. The van der Waals surface area contributed by atoms with E-state index in [1.807, 2.05) is 22.6 Å². The number of halogens is 3. The molecule has 0 aliphatic rings. The molecule has 16 heavy (non-hydrogen) atoms. The van der Waals surface area contributed by atoms with Crippen LogP contribution < -0.4 is 5.73 Å². The predicted molar refractivity (Wildman–Crippen MR) is 62.0 cm³/mol. The molecule has 0 bridgehead atoms. The van der Waals surface area contributed by atoms with Crippen LogP contribution in [0.1, 0.15) is 17.7 Å². The third-order valence-electron chi connectivity index (χ3n) is 1.96. The molecule has 1 rings (SSSR count). The van der Waals surface area contributed by atoms with Crippen LogP contribution in [0.2, 0.25) is 0 Å². The van der Waals surface area contributed by atoms with Gasteiger partial charge in [0.1, 0.15) is 5.69 Å². The molecule has 0 amide bonds. The Morgan fingerprint density at radius 1 is 1.69 bits per heavy atom. The molecule has 0 radical (unpaired) electrons. The molecule has 1 aromatic heterocycles. The predicted octanol–water partition coefficient (Wildman–Crippen LogP) is 1.92. The minimum absolute atomic E-state index is 0.136. The molecule has 0 spiro atoms. The fourth-order valence-electron chi connectivity index (χ4n) is 1.13. The monoisotopic (exact) mass is 342 g/mol. The van der Waals surface area contributed by atoms with Crippen molar-refractivity contribution in [2.75, 3.05) is 12.8 Å². The average Bonchev–Trinajstić information content (AvgIpc) is 2.23. The molecule has 0 saturated carbocycles. The number of nitrogens with two attached hydrogens (primary N) is 1. The number of methoxy groups -OCH3 is 1. The van der Waals surface area contributed by atoms with Gasteiger partial charge in [-0.25, -0.2) is 8.78 Å². The highest BCUT2D eigenvalue weighted by Crippen LogP contribution is 2.28. The van der Waals surface area contributed by atoms with Crippen LogP contribution in [-0.2, 0) is 16.0 Å². The van der Waals surface area contributed by atoms with Crippen LogP contribution >= 0.6 is 22.6 Å². The molecule has 0 aliphatic carbocycles. The Kier molecular flexibility index (Phi) is 4.39. The fraction of sp³-hybridized carbons (Fsp3) is 0.333. The molecule has 0 atom stereocenters. The molecule has 0 aromatic carbocycles. The smallest absolute Gasteiger partial charge is 0.310 e. The topological polar surface area (TPSA) is 65.2 Å². The van der Waals surface area contributed by atoms with Gasteiger partial charge in [-0.3, -0.25) is 9.78 Å². The Labute approximate surface area is 104 Å². The number of carbonyl (C=O) groups is 1. The van der Waals surface area contributed by atoms with E-state index in [4.69, 9.17) is 5.73 Å². The standard InChI is InChI=1S/C9H9F2IN2O2/c1-16-6(15)2-4-5(12)3-14-8(7(4)13)9(10)11/h3,9H,2,13H2,1H3. The van der Waals surface area contributed by atoms with Crippen molar-refractivity contribution in [2.45, 2.75) is 12.8 Å². The number of nitrogens with zero attached hydrogens (tertiary/aromatic N) is 1. The van der Waals surface area contributed by atoms with Crippen LogP contribution in [0.15, 0.2) is 6.20 Å². The molecule has 88 valence electrons.